The van der Waals surface area contributed by atoms with Crippen molar-refractivity contribution >= 4 is 0 Å². The smallest absolute Gasteiger partial charge is 0.118 e. The summed E-state index contributed by atoms with van der Waals surface area (Å²) in [5, 5.41) is 0. The maximum Gasteiger partial charge on any atom is 0.118 e. The van der Waals surface area contributed by atoms with E-state index in [1.165, 1.54) is 37.7 Å². The van der Waals surface area contributed by atoms with E-state index in [0.29, 0.717) is 6.04 Å². The van der Waals surface area contributed by atoms with Crippen LogP contribution < -0.4 is 10.5 Å². The maximum atomic E-state index is 6.22. The second-order valence-corrected chi connectivity index (χ2v) is 5.54. The molecule has 2 nitrogen and oxygen atoms in total. The molecule has 1 aliphatic rings. The third-order valence-electron chi connectivity index (χ3n) is 4.08. The molecule has 1 aliphatic carbocycles. The monoisotopic (exact) mass is 247 g/mol. The van der Waals surface area contributed by atoms with Crippen molar-refractivity contribution in [3.63, 3.8) is 0 Å². The van der Waals surface area contributed by atoms with Gasteiger partial charge in [-0.2, -0.15) is 0 Å². The van der Waals surface area contributed by atoms with Crippen LogP contribution in [0.2, 0.25) is 0 Å². The third-order valence-corrected chi connectivity index (χ3v) is 4.08. The zero-order chi connectivity index (χ0) is 12.8. The predicted octanol–water partition coefficient (Wildman–Crippen LogP) is 3.54. The van der Waals surface area contributed by atoms with Gasteiger partial charge in [0.05, 0.1) is 7.11 Å². The summed E-state index contributed by atoms with van der Waals surface area (Å²) >= 11 is 0. The van der Waals surface area contributed by atoms with Gasteiger partial charge in [-0.15, -0.1) is 0 Å². The largest absolute Gasteiger partial charge is 0.497 e. The molecule has 1 unspecified atom stereocenters. The molecule has 2 rings (SSSR count). The lowest BCUT2D eigenvalue weighted by molar-refractivity contribution is 0.414. The quantitative estimate of drug-likeness (QED) is 0.834. The summed E-state index contributed by atoms with van der Waals surface area (Å²) in [6.07, 6.45) is 9.17. The van der Waals surface area contributed by atoms with Crippen molar-refractivity contribution in [2.75, 3.05) is 7.11 Å². The molecule has 1 saturated carbocycles. The average Bonchev–Trinajstić information content (AvgIpc) is 2.90. The van der Waals surface area contributed by atoms with Gasteiger partial charge in [0.25, 0.3) is 0 Å². The molecule has 1 aromatic carbocycles. The molecule has 2 N–H and O–H groups in total. The minimum absolute atomic E-state index is 0.305. The van der Waals surface area contributed by atoms with E-state index >= 15 is 0 Å². The van der Waals surface area contributed by atoms with Gasteiger partial charge in [-0.05, 0) is 42.9 Å². The van der Waals surface area contributed by atoms with Gasteiger partial charge in [0.2, 0.25) is 0 Å². The molecule has 0 spiro atoms. The fourth-order valence-electron chi connectivity index (χ4n) is 2.92. The molecule has 2 heteroatoms. The van der Waals surface area contributed by atoms with Gasteiger partial charge in [0, 0.05) is 6.04 Å². The normalized spacial score (nSPS) is 17.9. The van der Waals surface area contributed by atoms with Gasteiger partial charge in [0.1, 0.15) is 5.75 Å². The molecule has 0 aromatic heterocycles. The molecule has 0 aliphatic heterocycles. The van der Waals surface area contributed by atoms with Crippen molar-refractivity contribution in [3.05, 3.63) is 29.8 Å². The van der Waals surface area contributed by atoms with E-state index < -0.39 is 0 Å². The standard InChI is InChI=1S/C16H25NO/c1-18-16-10-7-14(8-11-16)12-15(17)9-6-13-4-2-3-5-13/h7-8,10-11,13,15H,2-6,9,12,17H2,1H3. The lowest BCUT2D eigenvalue weighted by atomic mass is 9.95. The van der Waals surface area contributed by atoms with Crippen LogP contribution in [-0.4, -0.2) is 13.2 Å². The molecule has 0 bridgehead atoms. The first kappa shape index (κ1) is 13.4. The van der Waals surface area contributed by atoms with E-state index in [1.54, 1.807) is 7.11 Å². The molecular weight excluding hydrogens is 222 g/mol. The van der Waals surface area contributed by atoms with Crippen LogP contribution in [-0.2, 0) is 6.42 Å². The van der Waals surface area contributed by atoms with E-state index in [-0.39, 0.29) is 0 Å². The van der Waals surface area contributed by atoms with Gasteiger partial charge >= 0.3 is 0 Å². The van der Waals surface area contributed by atoms with Crippen LogP contribution in [0.3, 0.4) is 0 Å². The highest BCUT2D eigenvalue weighted by Crippen LogP contribution is 2.29. The molecule has 0 saturated heterocycles. The number of hydrogen-bond acceptors (Lipinski definition) is 2. The molecule has 0 radical (unpaired) electrons. The van der Waals surface area contributed by atoms with E-state index in [9.17, 15) is 0 Å². The Morgan fingerprint density at radius 2 is 1.89 bits per heavy atom. The van der Waals surface area contributed by atoms with Crippen molar-refractivity contribution in [1.29, 1.82) is 0 Å². The Balaban J connectivity index is 1.73. The molecule has 100 valence electrons. The molecule has 1 atom stereocenters. The van der Waals surface area contributed by atoms with Crippen molar-refractivity contribution in [1.82, 2.24) is 0 Å². The van der Waals surface area contributed by atoms with E-state index in [2.05, 4.69) is 12.1 Å². The predicted molar refractivity (Wildman–Crippen MR) is 75.9 cm³/mol. The number of benzene rings is 1. The molecule has 0 heterocycles. The third kappa shape index (κ3) is 4.02. The fraction of sp³-hybridized carbons (Fsp3) is 0.625. The van der Waals surface area contributed by atoms with Crippen LogP contribution in [0.15, 0.2) is 24.3 Å². The second kappa shape index (κ2) is 6.79. The van der Waals surface area contributed by atoms with Gasteiger partial charge < -0.3 is 10.5 Å². The van der Waals surface area contributed by atoms with Crippen molar-refractivity contribution in [3.8, 4) is 5.75 Å². The summed E-state index contributed by atoms with van der Waals surface area (Å²) in [5.74, 6) is 1.87. The molecule has 1 aromatic rings. The minimum atomic E-state index is 0.305. The number of nitrogens with two attached hydrogens (primary N) is 1. The fourth-order valence-corrected chi connectivity index (χ4v) is 2.92. The Hall–Kier alpha value is -1.02. The van der Waals surface area contributed by atoms with Gasteiger partial charge in [0.15, 0.2) is 0 Å². The van der Waals surface area contributed by atoms with Crippen LogP contribution in [0.1, 0.15) is 44.1 Å². The number of rotatable bonds is 6. The first-order valence-electron chi connectivity index (χ1n) is 7.16. The van der Waals surface area contributed by atoms with E-state index in [4.69, 9.17) is 10.5 Å². The van der Waals surface area contributed by atoms with Crippen LogP contribution >= 0.6 is 0 Å². The summed E-state index contributed by atoms with van der Waals surface area (Å²) in [6, 6.07) is 8.57. The summed E-state index contributed by atoms with van der Waals surface area (Å²) in [6.45, 7) is 0. The minimum Gasteiger partial charge on any atom is -0.497 e. The Morgan fingerprint density at radius 1 is 1.22 bits per heavy atom. The lowest BCUT2D eigenvalue weighted by Gasteiger charge is -2.15. The Bertz CT molecular complexity index is 341. The van der Waals surface area contributed by atoms with Gasteiger partial charge in [-0.1, -0.05) is 37.8 Å². The van der Waals surface area contributed by atoms with Crippen LogP contribution in [0.25, 0.3) is 0 Å². The Kier molecular flexibility index (Phi) is 5.06. The highest BCUT2D eigenvalue weighted by Gasteiger charge is 2.16. The van der Waals surface area contributed by atoms with Gasteiger partial charge in [-0.25, -0.2) is 0 Å². The van der Waals surface area contributed by atoms with Crippen molar-refractivity contribution in [2.45, 2.75) is 51.0 Å². The van der Waals surface area contributed by atoms with Gasteiger partial charge in [-0.3, -0.25) is 0 Å². The summed E-state index contributed by atoms with van der Waals surface area (Å²) in [4.78, 5) is 0. The van der Waals surface area contributed by atoms with Crippen LogP contribution in [0.4, 0.5) is 0 Å². The molecule has 18 heavy (non-hydrogen) atoms. The van der Waals surface area contributed by atoms with E-state index in [0.717, 1.165) is 24.5 Å². The zero-order valence-electron chi connectivity index (χ0n) is 11.4. The molecule has 1 fully saturated rings. The highest BCUT2D eigenvalue weighted by molar-refractivity contribution is 5.27. The average molecular weight is 247 g/mol. The second-order valence-electron chi connectivity index (χ2n) is 5.54. The lowest BCUT2D eigenvalue weighted by Crippen LogP contribution is -2.23. The van der Waals surface area contributed by atoms with E-state index in [1.807, 2.05) is 12.1 Å². The van der Waals surface area contributed by atoms with Crippen molar-refractivity contribution < 1.29 is 4.74 Å². The molecular formula is C16H25NO. The maximum absolute atomic E-state index is 6.22. The Labute approximate surface area is 111 Å². The summed E-state index contributed by atoms with van der Waals surface area (Å²) in [5.41, 5.74) is 7.54. The Morgan fingerprint density at radius 3 is 2.50 bits per heavy atom. The SMILES string of the molecule is COc1ccc(CC(N)CCC2CCCC2)cc1. The topological polar surface area (TPSA) is 35.2 Å². The molecule has 0 amide bonds. The van der Waals surface area contributed by atoms with Crippen molar-refractivity contribution in [2.24, 2.45) is 11.7 Å². The first-order chi connectivity index (χ1) is 8.78. The number of hydrogen-bond donors (Lipinski definition) is 1. The number of ether oxygens (including phenoxy) is 1. The first-order valence-corrected chi connectivity index (χ1v) is 7.16. The summed E-state index contributed by atoms with van der Waals surface area (Å²) in [7, 11) is 1.70. The van der Waals surface area contributed by atoms with Crippen LogP contribution in [0, 0.1) is 5.92 Å². The zero-order valence-corrected chi connectivity index (χ0v) is 11.4. The number of methoxy groups -OCH3 is 1. The van der Waals surface area contributed by atoms with Crippen LogP contribution in [0.5, 0.6) is 5.75 Å². The summed E-state index contributed by atoms with van der Waals surface area (Å²) < 4.78 is 5.16. The highest BCUT2D eigenvalue weighted by atomic mass is 16.5.